The van der Waals surface area contributed by atoms with Gasteiger partial charge in [-0.05, 0) is 24.3 Å². The number of benzene rings is 2. The molecular formula is C16H11ClFN3O. The van der Waals surface area contributed by atoms with Gasteiger partial charge >= 0.3 is 0 Å². The summed E-state index contributed by atoms with van der Waals surface area (Å²) in [6, 6.07) is 15.0. The molecule has 0 atom stereocenters. The molecule has 4 nitrogen and oxygen atoms in total. The molecule has 1 heterocycles. The number of carbonyl (C=O) groups excluding carboxylic acids is 1. The normalized spacial score (nSPS) is 10.6. The first-order valence-electron chi connectivity index (χ1n) is 6.47. The van der Waals surface area contributed by atoms with Crippen molar-refractivity contribution in [3.8, 4) is 16.9 Å². The van der Waals surface area contributed by atoms with Crippen molar-refractivity contribution in [2.24, 2.45) is 5.73 Å². The van der Waals surface area contributed by atoms with Crippen molar-refractivity contribution in [3.05, 3.63) is 71.1 Å². The van der Waals surface area contributed by atoms with Gasteiger partial charge in [0.1, 0.15) is 10.8 Å². The number of hydrogen-bond acceptors (Lipinski definition) is 2. The van der Waals surface area contributed by atoms with Gasteiger partial charge in [-0.2, -0.15) is 5.10 Å². The number of rotatable bonds is 3. The molecule has 0 aliphatic carbocycles. The third-order valence-electron chi connectivity index (χ3n) is 3.18. The zero-order chi connectivity index (χ0) is 15.7. The van der Waals surface area contributed by atoms with Crippen molar-refractivity contribution in [3.63, 3.8) is 0 Å². The molecule has 3 aromatic rings. The fraction of sp³-hybridized carbons (Fsp3) is 0. The second-order valence-corrected chi connectivity index (χ2v) is 5.01. The van der Waals surface area contributed by atoms with Crippen LogP contribution in [0, 0.1) is 5.82 Å². The van der Waals surface area contributed by atoms with Crippen LogP contribution in [0.2, 0.25) is 5.02 Å². The van der Waals surface area contributed by atoms with Gasteiger partial charge in [0.25, 0.3) is 5.91 Å². The fourth-order valence-electron chi connectivity index (χ4n) is 2.17. The number of aromatic nitrogens is 2. The third kappa shape index (κ3) is 2.46. The SMILES string of the molecule is NC(=O)c1nn(-c2ccc(F)cc2)c(-c2ccccc2)c1Cl. The molecule has 0 saturated carbocycles. The van der Waals surface area contributed by atoms with Gasteiger partial charge in [0.15, 0.2) is 5.69 Å². The molecule has 6 heteroatoms. The van der Waals surface area contributed by atoms with Crippen LogP contribution >= 0.6 is 11.6 Å². The molecule has 3 rings (SSSR count). The van der Waals surface area contributed by atoms with Gasteiger partial charge in [-0.15, -0.1) is 0 Å². The number of carbonyl (C=O) groups is 1. The lowest BCUT2D eigenvalue weighted by atomic mass is 10.1. The summed E-state index contributed by atoms with van der Waals surface area (Å²) in [4.78, 5) is 11.5. The monoisotopic (exact) mass is 315 g/mol. The molecule has 0 spiro atoms. The van der Waals surface area contributed by atoms with Crippen LogP contribution in [-0.2, 0) is 0 Å². The zero-order valence-electron chi connectivity index (χ0n) is 11.3. The van der Waals surface area contributed by atoms with Gasteiger partial charge < -0.3 is 5.73 Å². The summed E-state index contributed by atoms with van der Waals surface area (Å²) in [6.45, 7) is 0. The Kier molecular flexibility index (Phi) is 3.65. The Morgan fingerprint density at radius 2 is 1.73 bits per heavy atom. The summed E-state index contributed by atoms with van der Waals surface area (Å²) in [5.74, 6) is -1.08. The highest BCUT2D eigenvalue weighted by Gasteiger charge is 2.21. The Morgan fingerprint density at radius 1 is 1.09 bits per heavy atom. The number of amides is 1. The Hall–Kier alpha value is -2.66. The van der Waals surface area contributed by atoms with Crippen LogP contribution in [0.4, 0.5) is 4.39 Å². The molecular weight excluding hydrogens is 305 g/mol. The van der Waals surface area contributed by atoms with Crippen LogP contribution < -0.4 is 5.73 Å². The van der Waals surface area contributed by atoms with E-state index in [0.717, 1.165) is 5.56 Å². The summed E-state index contributed by atoms with van der Waals surface area (Å²) in [6.07, 6.45) is 0. The first-order valence-corrected chi connectivity index (χ1v) is 6.85. The van der Waals surface area contributed by atoms with E-state index in [4.69, 9.17) is 17.3 Å². The highest BCUT2D eigenvalue weighted by atomic mass is 35.5. The Labute approximate surface area is 130 Å². The van der Waals surface area contributed by atoms with E-state index < -0.39 is 5.91 Å². The summed E-state index contributed by atoms with van der Waals surface area (Å²) in [7, 11) is 0. The average molecular weight is 316 g/mol. The number of halogens is 2. The van der Waals surface area contributed by atoms with E-state index in [1.165, 1.54) is 16.8 Å². The number of nitrogens with two attached hydrogens (primary N) is 1. The van der Waals surface area contributed by atoms with E-state index in [2.05, 4.69) is 5.10 Å². The minimum Gasteiger partial charge on any atom is -0.364 e. The van der Waals surface area contributed by atoms with Gasteiger partial charge in [-0.1, -0.05) is 41.9 Å². The molecule has 2 aromatic carbocycles. The standard InChI is InChI=1S/C16H11ClFN3O/c17-13-14(16(19)22)20-21(12-8-6-11(18)7-9-12)15(13)10-4-2-1-3-5-10/h1-9H,(H2,19,22). The lowest BCUT2D eigenvalue weighted by molar-refractivity contribution is 0.0995. The molecule has 1 amide bonds. The first kappa shape index (κ1) is 14.3. The molecule has 1 aromatic heterocycles. The molecule has 22 heavy (non-hydrogen) atoms. The maximum Gasteiger partial charge on any atom is 0.270 e. The predicted octanol–water partition coefficient (Wildman–Crippen LogP) is 3.43. The third-order valence-corrected chi connectivity index (χ3v) is 3.54. The summed E-state index contributed by atoms with van der Waals surface area (Å²) >= 11 is 6.28. The van der Waals surface area contributed by atoms with E-state index in [9.17, 15) is 9.18 Å². The van der Waals surface area contributed by atoms with Crippen molar-refractivity contribution >= 4 is 17.5 Å². The van der Waals surface area contributed by atoms with Crippen LogP contribution in [0.15, 0.2) is 54.6 Å². The topological polar surface area (TPSA) is 60.9 Å². The second kappa shape index (κ2) is 5.61. The molecule has 110 valence electrons. The van der Waals surface area contributed by atoms with Gasteiger partial charge in [0.05, 0.1) is 11.4 Å². The summed E-state index contributed by atoms with van der Waals surface area (Å²) in [5, 5.41) is 4.34. The van der Waals surface area contributed by atoms with Crippen LogP contribution in [0.5, 0.6) is 0 Å². The molecule has 2 N–H and O–H groups in total. The lowest BCUT2D eigenvalue weighted by Crippen LogP contribution is -2.12. The Balaban J connectivity index is 2.27. The van der Waals surface area contributed by atoms with Crippen LogP contribution in [0.25, 0.3) is 16.9 Å². The minimum atomic E-state index is -0.719. The zero-order valence-corrected chi connectivity index (χ0v) is 12.1. The van der Waals surface area contributed by atoms with Crippen LogP contribution in [0.3, 0.4) is 0 Å². The van der Waals surface area contributed by atoms with E-state index in [1.54, 1.807) is 12.1 Å². The van der Waals surface area contributed by atoms with Gasteiger partial charge in [0, 0.05) is 5.56 Å². The summed E-state index contributed by atoms with van der Waals surface area (Å²) in [5.41, 5.74) is 7.18. The first-order chi connectivity index (χ1) is 10.6. The maximum absolute atomic E-state index is 13.1. The van der Waals surface area contributed by atoms with E-state index >= 15 is 0 Å². The predicted molar refractivity (Wildman–Crippen MR) is 82.5 cm³/mol. The van der Waals surface area contributed by atoms with Gasteiger partial charge in [0.2, 0.25) is 0 Å². The Bertz CT molecular complexity index is 829. The number of nitrogens with zero attached hydrogens (tertiary/aromatic N) is 2. The molecule has 0 fully saturated rings. The summed E-state index contributed by atoms with van der Waals surface area (Å²) < 4.78 is 14.6. The molecule has 0 bridgehead atoms. The number of primary amides is 1. The van der Waals surface area contributed by atoms with Crippen molar-refractivity contribution in [2.45, 2.75) is 0 Å². The lowest BCUT2D eigenvalue weighted by Gasteiger charge is -2.08. The van der Waals surface area contributed by atoms with Crippen LogP contribution in [-0.4, -0.2) is 15.7 Å². The van der Waals surface area contributed by atoms with Crippen molar-refractivity contribution in [1.82, 2.24) is 9.78 Å². The minimum absolute atomic E-state index is 0.0233. The van der Waals surface area contributed by atoms with Crippen molar-refractivity contribution in [1.29, 1.82) is 0 Å². The molecule has 0 unspecified atom stereocenters. The fourth-order valence-corrected chi connectivity index (χ4v) is 2.49. The maximum atomic E-state index is 13.1. The highest BCUT2D eigenvalue weighted by molar-refractivity contribution is 6.36. The van der Waals surface area contributed by atoms with Crippen molar-refractivity contribution < 1.29 is 9.18 Å². The quantitative estimate of drug-likeness (QED) is 0.805. The average Bonchev–Trinajstić information content (AvgIpc) is 2.86. The van der Waals surface area contributed by atoms with E-state index in [-0.39, 0.29) is 16.5 Å². The second-order valence-electron chi connectivity index (χ2n) is 4.63. The molecule has 0 radical (unpaired) electrons. The van der Waals surface area contributed by atoms with E-state index in [1.807, 2.05) is 30.3 Å². The molecule has 0 aliphatic rings. The molecule has 0 aliphatic heterocycles. The largest absolute Gasteiger partial charge is 0.364 e. The van der Waals surface area contributed by atoms with E-state index in [0.29, 0.717) is 11.4 Å². The van der Waals surface area contributed by atoms with Crippen molar-refractivity contribution in [2.75, 3.05) is 0 Å². The smallest absolute Gasteiger partial charge is 0.270 e. The van der Waals surface area contributed by atoms with Crippen LogP contribution in [0.1, 0.15) is 10.5 Å². The highest BCUT2D eigenvalue weighted by Crippen LogP contribution is 2.32. The molecule has 0 saturated heterocycles. The Morgan fingerprint density at radius 3 is 2.32 bits per heavy atom. The van der Waals surface area contributed by atoms with Gasteiger partial charge in [-0.25, -0.2) is 9.07 Å². The van der Waals surface area contributed by atoms with Gasteiger partial charge in [-0.3, -0.25) is 4.79 Å². The number of hydrogen-bond donors (Lipinski definition) is 1.